The van der Waals surface area contributed by atoms with E-state index in [0.717, 1.165) is 276 Å². The molecule has 0 radical (unpaired) electrons. The molecule has 0 bridgehead atoms. The number of unbranched alkanes of at least 4 members (excludes halogenated alkanes) is 72. The maximum Gasteiger partial charge on any atom is 0.470 e. The first kappa shape index (κ1) is 137. The van der Waals surface area contributed by atoms with Gasteiger partial charge >= 0.3 is 37.7 Å². The molecule has 0 saturated carbocycles. The lowest BCUT2D eigenvalue weighted by Gasteiger charge is -2.52. The Bertz CT molecular complexity index is 2990. The van der Waals surface area contributed by atoms with Crippen molar-refractivity contribution in [2.24, 2.45) is 0 Å². The normalized spacial score (nSPS) is 16.3. The SMILES string of the molecule is CCCCCCCCCCCCCC(=O)O[C@H](CCCCCCCCCCC)CC(=O)NCCO[C@@H]1O[C@H](CO)[C@@H](OP(=O)(O)O)[C@H](OC(=O)C[C@@H](CCCCCCCCCCC)OC(=O)CCCCCCCCCCCCC)[C@]1(NC(=O)C[C@@H](CCCCCCCCCCC)OC(=O)CCCCCCCCCCCCC)C(=O)C[C@@H](CCCCCCCCCCC)OC(=O)CCCCCCCCCCCCC. The van der Waals surface area contributed by atoms with Gasteiger partial charge in [0.05, 0.1) is 32.5 Å². The summed E-state index contributed by atoms with van der Waals surface area (Å²) < 4.78 is 65.4. The van der Waals surface area contributed by atoms with E-state index < -0.39 is 136 Å². The smallest absolute Gasteiger partial charge is 0.462 e. The Hall–Kier alpha value is -4.05. The van der Waals surface area contributed by atoms with Gasteiger partial charge in [0, 0.05) is 38.6 Å². The van der Waals surface area contributed by atoms with E-state index in [4.69, 9.17) is 37.7 Å². The molecule has 143 heavy (non-hydrogen) atoms. The molecule has 0 spiro atoms. The summed E-state index contributed by atoms with van der Waals surface area (Å²) in [5.41, 5.74) is -2.95. The van der Waals surface area contributed by atoms with Gasteiger partial charge in [0.1, 0.15) is 36.6 Å². The van der Waals surface area contributed by atoms with E-state index in [1.165, 1.54) is 193 Å². The van der Waals surface area contributed by atoms with Crippen LogP contribution in [0.15, 0.2) is 0 Å². The number of nitrogens with one attached hydrogen (secondary N) is 2. The highest BCUT2D eigenvalue weighted by atomic mass is 31.2. The zero-order chi connectivity index (χ0) is 104. The molecule has 22 nitrogen and oxygen atoms in total. The molecular formula is C120H227N2O20P. The molecular weight excluding hydrogens is 1820 g/mol. The van der Waals surface area contributed by atoms with Crippen LogP contribution in [0.1, 0.15) is 646 Å². The van der Waals surface area contributed by atoms with Crippen LogP contribution < -0.4 is 10.6 Å². The molecule has 1 heterocycles. The van der Waals surface area contributed by atoms with Crippen LogP contribution in [0.2, 0.25) is 0 Å². The summed E-state index contributed by atoms with van der Waals surface area (Å²) in [6.07, 6.45) is 70.4. The summed E-state index contributed by atoms with van der Waals surface area (Å²) >= 11 is 0. The number of phosphoric ester groups is 1. The molecule has 0 unspecified atom stereocenters. The number of aliphatic hydroxyl groups is 1. The van der Waals surface area contributed by atoms with Gasteiger partial charge in [0.15, 0.2) is 23.7 Å². The summed E-state index contributed by atoms with van der Waals surface area (Å²) in [5, 5.41) is 17.6. The molecule has 0 aromatic rings. The minimum atomic E-state index is -5.83. The zero-order valence-corrected chi connectivity index (χ0v) is 94.9. The van der Waals surface area contributed by atoms with Crippen molar-refractivity contribution in [3.63, 3.8) is 0 Å². The van der Waals surface area contributed by atoms with E-state index in [9.17, 15) is 43.4 Å². The predicted octanol–water partition coefficient (Wildman–Crippen LogP) is 33.3. The monoisotopic (exact) mass is 2050 g/mol. The number of hydrogen-bond acceptors (Lipinski definition) is 18. The largest absolute Gasteiger partial charge is 0.470 e. The number of ether oxygens (including phenoxy) is 7. The number of phosphoric acid groups is 1. The number of esters is 5. The fourth-order valence-electron chi connectivity index (χ4n) is 20.3. The van der Waals surface area contributed by atoms with Crippen molar-refractivity contribution in [2.75, 3.05) is 19.8 Å². The summed E-state index contributed by atoms with van der Waals surface area (Å²) in [6.45, 7) is 15.8. The van der Waals surface area contributed by atoms with Crippen molar-refractivity contribution in [1.82, 2.24) is 10.6 Å². The van der Waals surface area contributed by atoms with Crippen LogP contribution in [0.4, 0.5) is 0 Å². The Morgan fingerprint density at radius 2 is 0.517 bits per heavy atom. The van der Waals surface area contributed by atoms with Gasteiger partial charge in [-0.3, -0.25) is 42.9 Å². The lowest BCUT2D eigenvalue weighted by Crippen LogP contribution is -2.78. The molecule has 1 aliphatic rings. The Balaban J connectivity index is 4.59. The molecule has 2 amide bonds. The Labute approximate surface area is 876 Å². The average Bonchev–Trinajstić information content (AvgIpc) is 0.727. The van der Waals surface area contributed by atoms with Crippen LogP contribution in [0.5, 0.6) is 0 Å². The Kier molecular flexibility index (Phi) is 95.7. The number of amides is 2. The van der Waals surface area contributed by atoms with Crippen LogP contribution in [0.3, 0.4) is 0 Å². The second kappa shape index (κ2) is 99.9. The second-order valence-electron chi connectivity index (χ2n) is 43.1. The van der Waals surface area contributed by atoms with Gasteiger partial charge in [-0.2, -0.15) is 0 Å². The van der Waals surface area contributed by atoms with Gasteiger partial charge in [0.2, 0.25) is 11.8 Å². The minimum Gasteiger partial charge on any atom is -0.462 e. The van der Waals surface area contributed by atoms with Crippen molar-refractivity contribution in [2.45, 2.75) is 701 Å². The number of hydrogen-bond donors (Lipinski definition) is 5. The van der Waals surface area contributed by atoms with Crippen LogP contribution in [-0.2, 0) is 80.6 Å². The molecule has 23 heteroatoms. The predicted molar refractivity (Wildman–Crippen MR) is 587 cm³/mol. The molecule has 1 fully saturated rings. The molecule has 1 saturated heterocycles. The number of carbonyl (C=O) groups is 8. The maximum atomic E-state index is 17.3. The zero-order valence-electron chi connectivity index (χ0n) is 94.0. The van der Waals surface area contributed by atoms with Crippen LogP contribution in [-0.4, -0.2) is 137 Å². The molecule has 842 valence electrons. The van der Waals surface area contributed by atoms with E-state index in [2.05, 4.69) is 66.0 Å². The van der Waals surface area contributed by atoms with E-state index in [1.807, 2.05) is 0 Å². The quantitative estimate of drug-likeness (QED) is 0.0163. The third kappa shape index (κ3) is 81.4. The summed E-state index contributed by atoms with van der Waals surface area (Å²) in [7, 11) is -5.83. The van der Waals surface area contributed by atoms with Crippen molar-refractivity contribution < 1.29 is 95.5 Å². The lowest BCUT2D eigenvalue weighted by molar-refractivity contribution is -0.291. The lowest BCUT2D eigenvalue weighted by atomic mass is 9.77. The first-order valence-electron chi connectivity index (χ1n) is 61.4. The van der Waals surface area contributed by atoms with Gasteiger partial charge < -0.3 is 58.7 Å². The minimum absolute atomic E-state index is 0.0445. The molecule has 0 aromatic heterocycles. The van der Waals surface area contributed by atoms with Crippen molar-refractivity contribution in [3.05, 3.63) is 0 Å². The fourth-order valence-corrected chi connectivity index (χ4v) is 20.9. The number of rotatable bonds is 110. The van der Waals surface area contributed by atoms with E-state index in [1.54, 1.807) is 0 Å². The first-order chi connectivity index (χ1) is 69.7. The van der Waals surface area contributed by atoms with Crippen molar-refractivity contribution >= 4 is 55.3 Å². The van der Waals surface area contributed by atoms with Crippen LogP contribution >= 0.6 is 7.82 Å². The van der Waals surface area contributed by atoms with Crippen molar-refractivity contribution in [1.29, 1.82) is 0 Å². The number of ketones is 1. The third-order valence-electron chi connectivity index (χ3n) is 29.3. The highest BCUT2D eigenvalue weighted by molar-refractivity contribution is 7.46. The van der Waals surface area contributed by atoms with Gasteiger partial charge in [-0.25, -0.2) is 4.57 Å². The molecule has 0 aliphatic carbocycles. The maximum absolute atomic E-state index is 17.3. The summed E-state index contributed by atoms with van der Waals surface area (Å²) in [6, 6.07) is 0. The number of carbonyl (C=O) groups excluding carboxylic acids is 8. The first-order valence-corrected chi connectivity index (χ1v) is 62.9. The average molecular weight is 2050 g/mol. The van der Waals surface area contributed by atoms with E-state index in [-0.39, 0.29) is 63.9 Å². The molecule has 5 N–H and O–H groups in total. The Morgan fingerprint density at radius 1 is 0.294 bits per heavy atom. The molecule has 1 aliphatic heterocycles. The van der Waals surface area contributed by atoms with Crippen molar-refractivity contribution in [3.8, 4) is 0 Å². The van der Waals surface area contributed by atoms with Gasteiger partial charge in [-0.05, 0) is 77.0 Å². The topological polar surface area (TPSA) is 312 Å². The Morgan fingerprint density at radius 3 is 0.762 bits per heavy atom. The molecule has 1 rings (SSSR count). The van der Waals surface area contributed by atoms with Gasteiger partial charge in [-0.15, -0.1) is 0 Å². The second-order valence-corrected chi connectivity index (χ2v) is 44.3. The third-order valence-corrected chi connectivity index (χ3v) is 29.8. The summed E-state index contributed by atoms with van der Waals surface area (Å²) in [5.74, 6) is -5.48. The fraction of sp³-hybridized carbons (Fsp3) is 0.933. The van der Waals surface area contributed by atoms with E-state index >= 15 is 14.4 Å². The summed E-state index contributed by atoms with van der Waals surface area (Å²) in [4.78, 5) is 144. The van der Waals surface area contributed by atoms with E-state index in [0.29, 0.717) is 51.4 Å². The van der Waals surface area contributed by atoms with Crippen LogP contribution in [0.25, 0.3) is 0 Å². The number of Topliss-reactive ketones (excluding diaryl/α,β-unsaturated/α-hetero) is 1. The highest BCUT2D eigenvalue weighted by Gasteiger charge is 2.66. The molecule has 0 aromatic carbocycles. The standard InChI is InChI=1S/C120H227N2O20P/c1-9-17-25-33-41-49-53-61-69-77-85-93-112(127)136-104(89-81-73-65-57-45-37-29-21-13-5)99-109(124)120(122-111(126)101-106(91-83-75-67-59-47-39-31-23-15-7)138-114(129)95-87-79-71-63-55-51-43-35-27-19-11-3)118(141-116(131)102-107(92-84-76-68-60-48-40-32-24-16-8)139-115(130)96-88-80-72-64-56-52-44-36-28-20-12-4)117(142-143(132,133)134)108(103-123)140-119(120)135-98-97-121-110(125)100-105(90-82-74-66-58-46-38-30-22-14-6)137-113(128)94-86-78-70-62-54-50-42-34-26-18-10-2/h104-108,117-119,123H,9-103H2,1-8H3,(H,121,125)(H,122,126)(H2,132,133,134)/t104-,105-,106-,107-,108-,117-,118+,119-,120-/m1/s1. The van der Waals surface area contributed by atoms with Crippen LogP contribution in [0, 0.1) is 0 Å². The van der Waals surface area contributed by atoms with Gasteiger partial charge in [-0.1, -0.05) is 518 Å². The molecule has 9 atom stereocenters. The van der Waals surface area contributed by atoms with Gasteiger partial charge in [0.25, 0.3) is 0 Å². The number of aliphatic hydroxyl groups excluding tert-OH is 1. The highest BCUT2D eigenvalue weighted by Crippen LogP contribution is 2.46.